The van der Waals surface area contributed by atoms with E-state index >= 15 is 0 Å². The molecule has 22 heavy (non-hydrogen) atoms. The Balaban J connectivity index is 2.41. The third-order valence-corrected chi connectivity index (χ3v) is 3.46. The number of nitrogens with one attached hydrogen (secondary N) is 1. The first-order chi connectivity index (χ1) is 10.8. The molecule has 0 unspecified atom stereocenters. The molecule has 0 saturated carbocycles. The van der Waals surface area contributed by atoms with E-state index in [2.05, 4.69) is 10.4 Å². The summed E-state index contributed by atoms with van der Waals surface area (Å²) in [6.07, 6.45) is 0. The summed E-state index contributed by atoms with van der Waals surface area (Å²) in [6, 6.07) is 17.0. The van der Waals surface area contributed by atoms with Gasteiger partial charge in [-0.15, -0.1) is 0 Å². The number of methoxy groups -OCH3 is 1. The van der Waals surface area contributed by atoms with Crippen molar-refractivity contribution < 1.29 is 9.53 Å². The number of fused-ring (bicyclic) bond motifs is 1. The number of hydrogen-bond acceptors (Lipinski definition) is 4. The van der Waals surface area contributed by atoms with Gasteiger partial charge < -0.3 is 4.74 Å². The van der Waals surface area contributed by atoms with Crippen molar-refractivity contribution in [3.8, 4) is 17.0 Å². The molecule has 0 spiro atoms. The highest BCUT2D eigenvalue weighted by Gasteiger charge is 2.21. The van der Waals surface area contributed by atoms with Crippen LogP contribution in [0.15, 0.2) is 54.6 Å². The highest BCUT2D eigenvalue weighted by Crippen LogP contribution is 2.35. The van der Waals surface area contributed by atoms with Gasteiger partial charge in [-0.25, -0.2) is 10.8 Å². The second-order valence-electron chi connectivity index (χ2n) is 4.73. The maximum absolute atomic E-state index is 12.2. The molecule has 110 valence electrons. The Morgan fingerprint density at radius 1 is 1.09 bits per heavy atom. The average molecular weight is 293 g/mol. The van der Waals surface area contributed by atoms with Gasteiger partial charge in [0.15, 0.2) is 5.75 Å². The number of hydrogen-bond donors (Lipinski definition) is 2. The molecule has 0 aliphatic rings. The first-order valence-corrected chi connectivity index (χ1v) is 6.79. The number of carbonyl (C=O) groups is 1. The number of benzene rings is 2. The van der Waals surface area contributed by atoms with Gasteiger partial charge in [0.2, 0.25) is 0 Å². The van der Waals surface area contributed by atoms with Crippen molar-refractivity contribution in [3.63, 3.8) is 0 Å². The Morgan fingerprint density at radius 2 is 1.77 bits per heavy atom. The topological polar surface area (TPSA) is 77.2 Å². The molecule has 0 aliphatic heterocycles. The lowest BCUT2D eigenvalue weighted by molar-refractivity contribution is 0.0952. The second-order valence-corrected chi connectivity index (χ2v) is 4.73. The van der Waals surface area contributed by atoms with Crippen LogP contribution in [0, 0.1) is 0 Å². The lowest BCUT2D eigenvalue weighted by atomic mass is 10.0. The summed E-state index contributed by atoms with van der Waals surface area (Å²) in [5.74, 6) is 5.33. The maximum Gasteiger partial charge on any atom is 0.269 e. The van der Waals surface area contributed by atoms with Gasteiger partial charge in [-0.05, 0) is 6.07 Å². The second kappa shape index (κ2) is 5.83. The summed E-state index contributed by atoms with van der Waals surface area (Å²) in [6.45, 7) is 0. The van der Waals surface area contributed by atoms with Crippen molar-refractivity contribution in [1.82, 2.24) is 10.4 Å². The molecular formula is C17H15N3O2. The smallest absolute Gasteiger partial charge is 0.269 e. The van der Waals surface area contributed by atoms with E-state index in [0.717, 1.165) is 5.56 Å². The molecule has 1 aromatic heterocycles. The zero-order chi connectivity index (χ0) is 15.5. The molecule has 0 atom stereocenters. The zero-order valence-corrected chi connectivity index (χ0v) is 12.0. The lowest BCUT2D eigenvalue weighted by Crippen LogP contribution is -2.30. The highest BCUT2D eigenvalue weighted by atomic mass is 16.5. The van der Waals surface area contributed by atoms with Crippen molar-refractivity contribution in [2.45, 2.75) is 0 Å². The molecule has 1 amide bonds. The third-order valence-electron chi connectivity index (χ3n) is 3.46. The largest absolute Gasteiger partial charge is 0.494 e. The van der Waals surface area contributed by atoms with Crippen LogP contribution in [0.4, 0.5) is 0 Å². The first kappa shape index (κ1) is 14.0. The summed E-state index contributed by atoms with van der Waals surface area (Å²) >= 11 is 0. The lowest BCUT2D eigenvalue weighted by Gasteiger charge is -2.15. The number of pyridine rings is 1. The Kier molecular flexibility index (Phi) is 3.72. The van der Waals surface area contributed by atoms with Crippen LogP contribution in [0.5, 0.6) is 5.75 Å². The molecule has 0 radical (unpaired) electrons. The molecule has 0 bridgehead atoms. The molecule has 0 aliphatic carbocycles. The molecule has 3 rings (SSSR count). The average Bonchev–Trinajstić information content (AvgIpc) is 2.60. The van der Waals surface area contributed by atoms with Crippen LogP contribution in [-0.2, 0) is 0 Å². The number of amides is 1. The molecule has 5 heteroatoms. The van der Waals surface area contributed by atoms with Gasteiger partial charge in [0.25, 0.3) is 5.91 Å². The van der Waals surface area contributed by atoms with E-state index in [0.29, 0.717) is 27.9 Å². The number of nitrogens with two attached hydrogens (primary N) is 1. The van der Waals surface area contributed by atoms with Gasteiger partial charge in [0.1, 0.15) is 5.69 Å². The summed E-state index contributed by atoms with van der Waals surface area (Å²) in [5.41, 5.74) is 4.76. The predicted octanol–water partition coefficient (Wildman–Crippen LogP) is 2.51. The summed E-state index contributed by atoms with van der Waals surface area (Å²) in [4.78, 5) is 16.9. The number of carbonyl (C=O) groups excluding carboxylic acids is 1. The van der Waals surface area contributed by atoms with Crippen LogP contribution in [0.2, 0.25) is 0 Å². The number of para-hydroxylation sites is 1. The van der Waals surface area contributed by atoms with E-state index in [1.54, 1.807) is 0 Å². The molecule has 2 aromatic carbocycles. The zero-order valence-electron chi connectivity index (χ0n) is 12.0. The predicted molar refractivity (Wildman–Crippen MR) is 85.4 cm³/mol. The van der Waals surface area contributed by atoms with Crippen LogP contribution in [0.1, 0.15) is 10.4 Å². The van der Waals surface area contributed by atoms with Crippen LogP contribution in [-0.4, -0.2) is 18.0 Å². The van der Waals surface area contributed by atoms with Crippen LogP contribution >= 0.6 is 0 Å². The van der Waals surface area contributed by atoms with Crippen molar-refractivity contribution in [1.29, 1.82) is 0 Å². The highest BCUT2D eigenvalue weighted by molar-refractivity contribution is 6.10. The SMILES string of the molecule is COc1c(-c2ccccc2)nc2ccccc2c1C(=O)NN. The van der Waals surface area contributed by atoms with Gasteiger partial charge >= 0.3 is 0 Å². The molecular weight excluding hydrogens is 278 g/mol. The van der Waals surface area contributed by atoms with Gasteiger partial charge in [-0.2, -0.15) is 0 Å². The molecule has 1 heterocycles. The molecule has 5 nitrogen and oxygen atoms in total. The van der Waals surface area contributed by atoms with Crippen molar-refractivity contribution in [2.75, 3.05) is 7.11 Å². The maximum atomic E-state index is 12.2. The van der Waals surface area contributed by atoms with Crippen LogP contribution < -0.4 is 16.0 Å². The minimum absolute atomic E-state index is 0.384. The Bertz CT molecular complexity index is 832. The van der Waals surface area contributed by atoms with Crippen molar-refractivity contribution >= 4 is 16.8 Å². The third kappa shape index (κ3) is 2.27. The fourth-order valence-corrected chi connectivity index (χ4v) is 2.48. The Labute approximate surface area is 127 Å². The normalized spacial score (nSPS) is 10.5. The molecule has 0 saturated heterocycles. The molecule has 3 N–H and O–H groups in total. The van der Waals surface area contributed by atoms with Crippen LogP contribution in [0.3, 0.4) is 0 Å². The summed E-state index contributed by atoms with van der Waals surface area (Å²) < 4.78 is 5.48. The monoisotopic (exact) mass is 293 g/mol. The quantitative estimate of drug-likeness (QED) is 0.442. The first-order valence-electron chi connectivity index (χ1n) is 6.79. The van der Waals surface area contributed by atoms with E-state index in [1.165, 1.54) is 7.11 Å². The van der Waals surface area contributed by atoms with E-state index in [4.69, 9.17) is 10.6 Å². The van der Waals surface area contributed by atoms with Crippen molar-refractivity contribution in [2.24, 2.45) is 5.84 Å². The van der Waals surface area contributed by atoms with Gasteiger partial charge in [-0.3, -0.25) is 10.2 Å². The standard InChI is InChI=1S/C17H15N3O2/c1-22-16-14(17(21)20-18)12-9-5-6-10-13(12)19-15(16)11-7-3-2-4-8-11/h2-10H,18H2,1H3,(H,20,21). The van der Waals surface area contributed by atoms with Gasteiger partial charge in [0.05, 0.1) is 18.2 Å². The number of nitrogens with zero attached hydrogens (tertiary/aromatic N) is 1. The fraction of sp³-hybridized carbons (Fsp3) is 0.0588. The molecule has 3 aromatic rings. The van der Waals surface area contributed by atoms with Crippen LogP contribution in [0.25, 0.3) is 22.2 Å². The van der Waals surface area contributed by atoms with Gasteiger partial charge in [0, 0.05) is 10.9 Å². The van der Waals surface area contributed by atoms with Crippen molar-refractivity contribution in [3.05, 3.63) is 60.2 Å². The summed E-state index contributed by atoms with van der Waals surface area (Å²) in [7, 11) is 1.52. The van der Waals surface area contributed by atoms with E-state index < -0.39 is 5.91 Å². The van der Waals surface area contributed by atoms with E-state index in [1.807, 2.05) is 54.6 Å². The number of ether oxygens (including phenoxy) is 1. The number of hydrazine groups is 1. The fourth-order valence-electron chi connectivity index (χ4n) is 2.48. The Morgan fingerprint density at radius 3 is 2.45 bits per heavy atom. The van der Waals surface area contributed by atoms with Gasteiger partial charge in [-0.1, -0.05) is 48.5 Å². The summed E-state index contributed by atoms with van der Waals surface area (Å²) in [5, 5.41) is 0.696. The number of nitrogen functional groups attached to an aromatic ring is 1. The minimum Gasteiger partial charge on any atom is -0.494 e. The minimum atomic E-state index is -0.410. The van der Waals surface area contributed by atoms with E-state index in [-0.39, 0.29) is 0 Å². The molecule has 0 fully saturated rings. The number of aromatic nitrogens is 1. The Hall–Kier alpha value is -2.92. The number of rotatable bonds is 3. The van der Waals surface area contributed by atoms with E-state index in [9.17, 15) is 4.79 Å².